The van der Waals surface area contributed by atoms with Gasteiger partial charge in [0.15, 0.2) is 0 Å². The molecule has 3 N–H and O–H groups in total. The molecule has 3 nitrogen and oxygen atoms in total. The van der Waals surface area contributed by atoms with Gasteiger partial charge in [0.1, 0.15) is 0 Å². The molecule has 3 aliphatic heterocycles. The second-order valence-corrected chi connectivity index (χ2v) is 4.33. The number of hydrogen-bond donors (Lipinski definition) is 2. The lowest BCUT2D eigenvalue weighted by molar-refractivity contribution is -0.122. The van der Waals surface area contributed by atoms with Gasteiger partial charge in [-0.3, -0.25) is 0 Å². The standard InChI is InChI=1S/C9H18N2O/c1-7(10)9(12)6-11-4-2-8(9)3-5-11/h7-8,12H,2-6,10H2,1H3. The maximum absolute atomic E-state index is 10.3. The summed E-state index contributed by atoms with van der Waals surface area (Å²) in [5.74, 6) is 0.447. The number of aliphatic hydroxyl groups is 1. The Kier molecular flexibility index (Phi) is 1.90. The molecule has 0 spiro atoms. The van der Waals surface area contributed by atoms with Crippen LogP contribution in [-0.2, 0) is 0 Å². The van der Waals surface area contributed by atoms with E-state index in [9.17, 15) is 5.11 Å². The fourth-order valence-electron chi connectivity index (χ4n) is 2.59. The van der Waals surface area contributed by atoms with Crippen molar-refractivity contribution < 1.29 is 5.11 Å². The van der Waals surface area contributed by atoms with Gasteiger partial charge < -0.3 is 15.7 Å². The van der Waals surface area contributed by atoms with Crippen molar-refractivity contribution >= 4 is 0 Å². The van der Waals surface area contributed by atoms with E-state index in [0.717, 1.165) is 32.5 Å². The Bertz CT molecular complexity index is 175. The number of nitrogens with zero attached hydrogens (tertiary/aromatic N) is 1. The van der Waals surface area contributed by atoms with E-state index in [2.05, 4.69) is 4.90 Å². The maximum Gasteiger partial charge on any atom is 0.0950 e. The van der Waals surface area contributed by atoms with E-state index in [1.807, 2.05) is 6.92 Å². The van der Waals surface area contributed by atoms with Gasteiger partial charge in [-0.05, 0) is 38.8 Å². The Morgan fingerprint density at radius 2 is 2.08 bits per heavy atom. The van der Waals surface area contributed by atoms with Crippen molar-refractivity contribution in [3.05, 3.63) is 0 Å². The summed E-state index contributed by atoms with van der Waals surface area (Å²) in [4.78, 5) is 2.32. The molecule has 0 saturated carbocycles. The lowest BCUT2D eigenvalue weighted by Gasteiger charge is -2.52. The summed E-state index contributed by atoms with van der Waals surface area (Å²) in [6.07, 6.45) is 2.25. The van der Waals surface area contributed by atoms with Crippen LogP contribution in [0.2, 0.25) is 0 Å². The third-order valence-electron chi connectivity index (χ3n) is 3.56. The largest absolute Gasteiger partial charge is 0.387 e. The van der Waals surface area contributed by atoms with Crippen LogP contribution in [0.15, 0.2) is 0 Å². The van der Waals surface area contributed by atoms with Gasteiger partial charge in [0.05, 0.1) is 5.60 Å². The molecule has 0 aromatic carbocycles. The maximum atomic E-state index is 10.3. The molecular formula is C9H18N2O. The van der Waals surface area contributed by atoms with Crippen LogP contribution in [0, 0.1) is 5.92 Å². The zero-order chi connectivity index (χ0) is 8.77. The molecule has 3 aliphatic rings. The first-order chi connectivity index (χ1) is 5.63. The highest BCUT2D eigenvalue weighted by Gasteiger charge is 2.47. The molecule has 70 valence electrons. The first-order valence-corrected chi connectivity index (χ1v) is 4.83. The molecule has 3 fully saturated rings. The fraction of sp³-hybridized carbons (Fsp3) is 1.00. The van der Waals surface area contributed by atoms with Gasteiger partial charge in [0.2, 0.25) is 0 Å². The highest BCUT2D eigenvalue weighted by atomic mass is 16.3. The van der Waals surface area contributed by atoms with Crippen molar-refractivity contribution in [1.29, 1.82) is 0 Å². The van der Waals surface area contributed by atoms with Crippen LogP contribution < -0.4 is 5.73 Å². The Hall–Kier alpha value is -0.120. The van der Waals surface area contributed by atoms with Crippen LogP contribution >= 0.6 is 0 Å². The Morgan fingerprint density at radius 3 is 2.33 bits per heavy atom. The van der Waals surface area contributed by atoms with Crippen LogP contribution in [0.1, 0.15) is 19.8 Å². The molecule has 12 heavy (non-hydrogen) atoms. The summed E-state index contributed by atoms with van der Waals surface area (Å²) in [5, 5.41) is 10.3. The number of rotatable bonds is 1. The summed E-state index contributed by atoms with van der Waals surface area (Å²) >= 11 is 0. The van der Waals surface area contributed by atoms with E-state index < -0.39 is 5.60 Å². The van der Waals surface area contributed by atoms with Crippen LogP contribution in [0.3, 0.4) is 0 Å². The SMILES string of the molecule is CC(N)C1(O)CN2CCC1CC2. The molecule has 0 amide bonds. The first kappa shape index (κ1) is 8.48. The van der Waals surface area contributed by atoms with Crippen molar-refractivity contribution in [3.8, 4) is 0 Å². The lowest BCUT2D eigenvalue weighted by atomic mass is 9.72. The van der Waals surface area contributed by atoms with E-state index in [0.29, 0.717) is 5.92 Å². The van der Waals surface area contributed by atoms with E-state index in [-0.39, 0.29) is 6.04 Å². The van der Waals surface area contributed by atoms with Gasteiger partial charge in [-0.2, -0.15) is 0 Å². The fourth-order valence-corrected chi connectivity index (χ4v) is 2.59. The van der Waals surface area contributed by atoms with E-state index in [1.54, 1.807) is 0 Å². The van der Waals surface area contributed by atoms with Gasteiger partial charge in [-0.25, -0.2) is 0 Å². The predicted octanol–water partition coefficient (Wildman–Crippen LogP) is -0.210. The monoisotopic (exact) mass is 170 g/mol. The zero-order valence-corrected chi connectivity index (χ0v) is 7.66. The summed E-state index contributed by atoms with van der Waals surface area (Å²) in [6, 6.07) is -0.0920. The Balaban J connectivity index is 2.17. The third kappa shape index (κ3) is 1.08. The van der Waals surface area contributed by atoms with Crippen molar-refractivity contribution in [2.24, 2.45) is 11.7 Å². The number of piperidine rings is 3. The zero-order valence-electron chi connectivity index (χ0n) is 7.66. The van der Waals surface area contributed by atoms with Crippen molar-refractivity contribution in [3.63, 3.8) is 0 Å². The van der Waals surface area contributed by atoms with Gasteiger partial charge in [0.25, 0.3) is 0 Å². The molecule has 3 heterocycles. The average molecular weight is 170 g/mol. The van der Waals surface area contributed by atoms with Crippen molar-refractivity contribution in [1.82, 2.24) is 4.90 Å². The van der Waals surface area contributed by atoms with Crippen LogP contribution in [0.4, 0.5) is 0 Å². The molecule has 0 aromatic rings. The minimum absolute atomic E-state index is 0.0920. The molecule has 3 saturated heterocycles. The van der Waals surface area contributed by atoms with Crippen LogP contribution in [0.25, 0.3) is 0 Å². The third-order valence-corrected chi connectivity index (χ3v) is 3.56. The molecule has 0 aromatic heterocycles. The highest BCUT2D eigenvalue weighted by Crippen LogP contribution is 2.36. The summed E-state index contributed by atoms with van der Waals surface area (Å²) in [5.41, 5.74) is 5.21. The number of nitrogens with two attached hydrogens (primary N) is 1. The molecular weight excluding hydrogens is 152 g/mol. The van der Waals surface area contributed by atoms with Gasteiger partial charge in [-0.15, -0.1) is 0 Å². The molecule has 0 radical (unpaired) electrons. The normalized spacial score (nSPS) is 49.2. The number of fused-ring (bicyclic) bond motifs is 3. The van der Waals surface area contributed by atoms with Crippen molar-refractivity contribution in [2.45, 2.75) is 31.4 Å². The molecule has 2 unspecified atom stereocenters. The predicted molar refractivity (Wildman–Crippen MR) is 47.8 cm³/mol. The minimum atomic E-state index is -0.601. The van der Waals surface area contributed by atoms with Gasteiger partial charge in [0, 0.05) is 12.6 Å². The smallest absolute Gasteiger partial charge is 0.0950 e. The molecule has 3 rings (SSSR count). The van der Waals surface area contributed by atoms with E-state index in [4.69, 9.17) is 5.73 Å². The lowest BCUT2D eigenvalue weighted by Crippen LogP contribution is -2.65. The summed E-state index contributed by atoms with van der Waals surface area (Å²) in [6.45, 7) is 5.01. The number of hydrogen-bond acceptors (Lipinski definition) is 3. The Labute approximate surface area is 73.5 Å². The van der Waals surface area contributed by atoms with Gasteiger partial charge in [-0.1, -0.05) is 0 Å². The first-order valence-electron chi connectivity index (χ1n) is 4.83. The van der Waals surface area contributed by atoms with E-state index in [1.165, 1.54) is 0 Å². The Morgan fingerprint density at radius 1 is 1.50 bits per heavy atom. The molecule has 0 aliphatic carbocycles. The summed E-state index contributed by atoms with van der Waals surface area (Å²) in [7, 11) is 0. The minimum Gasteiger partial charge on any atom is -0.387 e. The summed E-state index contributed by atoms with van der Waals surface area (Å²) < 4.78 is 0. The molecule has 3 heteroatoms. The molecule has 2 bridgehead atoms. The topological polar surface area (TPSA) is 49.5 Å². The van der Waals surface area contributed by atoms with Gasteiger partial charge >= 0.3 is 0 Å². The average Bonchev–Trinajstić information content (AvgIpc) is 2.05. The quantitative estimate of drug-likeness (QED) is 0.572. The van der Waals surface area contributed by atoms with Crippen LogP contribution in [0.5, 0.6) is 0 Å². The molecule has 2 atom stereocenters. The van der Waals surface area contributed by atoms with Crippen molar-refractivity contribution in [2.75, 3.05) is 19.6 Å². The van der Waals surface area contributed by atoms with Crippen LogP contribution in [-0.4, -0.2) is 41.3 Å². The second kappa shape index (κ2) is 2.69. The highest BCUT2D eigenvalue weighted by molar-refractivity contribution is 5.02. The van der Waals surface area contributed by atoms with E-state index >= 15 is 0 Å². The second-order valence-electron chi connectivity index (χ2n) is 4.33.